The van der Waals surface area contributed by atoms with Gasteiger partial charge in [0.25, 0.3) is 0 Å². The highest BCUT2D eigenvalue weighted by Crippen LogP contribution is 2.33. The first-order valence-corrected chi connectivity index (χ1v) is 13.7. The summed E-state index contributed by atoms with van der Waals surface area (Å²) in [5.41, 5.74) is 3.87. The number of halogens is 1. The predicted molar refractivity (Wildman–Crippen MR) is 138 cm³/mol. The number of rotatable bonds is 6. The van der Waals surface area contributed by atoms with Crippen molar-refractivity contribution in [2.24, 2.45) is 0 Å². The van der Waals surface area contributed by atoms with Gasteiger partial charge in [-0.1, -0.05) is 6.92 Å². The van der Waals surface area contributed by atoms with Gasteiger partial charge in [-0.2, -0.15) is 14.5 Å². The van der Waals surface area contributed by atoms with Gasteiger partial charge in [-0.15, -0.1) is 0 Å². The zero-order valence-corrected chi connectivity index (χ0v) is 21.8. The van der Waals surface area contributed by atoms with Crippen molar-refractivity contribution in [1.29, 1.82) is 0 Å². The van der Waals surface area contributed by atoms with Gasteiger partial charge in [0.05, 0.1) is 23.6 Å². The van der Waals surface area contributed by atoms with Gasteiger partial charge in [-0.3, -0.25) is 4.68 Å². The van der Waals surface area contributed by atoms with Crippen LogP contribution >= 0.6 is 0 Å². The van der Waals surface area contributed by atoms with Crippen LogP contribution in [-0.4, -0.2) is 57.5 Å². The van der Waals surface area contributed by atoms with E-state index in [0.29, 0.717) is 19.6 Å². The Kier molecular flexibility index (Phi) is 6.34. The fourth-order valence-corrected chi connectivity index (χ4v) is 6.65. The normalized spacial score (nSPS) is 19.3. The number of aromatic nitrogens is 4. The summed E-state index contributed by atoms with van der Waals surface area (Å²) in [5.74, 6) is -0.285. The van der Waals surface area contributed by atoms with Gasteiger partial charge in [-0.25, -0.2) is 17.5 Å². The van der Waals surface area contributed by atoms with Crippen molar-refractivity contribution in [3.8, 4) is 5.69 Å². The molecule has 8 nitrogen and oxygen atoms in total. The average molecular weight is 511 g/mol. The molecule has 2 atom stereocenters. The van der Waals surface area contributed by atoms with E-state index in [2.05, 4.69) is 41.1 Å². The first-order valence-electron chi connectivity index (χ1n) is 12.2. The van der Waals surface area contributed by atoms with Gasteiger partial charge in [0.15, 0.2) is 0 Å². The van der Waals surface area contributed by atoms with E-state index in [1.165, 1.54) is 18.3 Å². The summed E-state index contributed by atoms with van der Waals surface area (Å²) in [6, 6.07) is 10.2. The number of fused-ring (bicyclic) bond motifs is 1. The molecule has 1 aliphatic heterocycles. The third-order valence-electron chi connectivity index (χ3n) is 6.86. The molecule has 0 aliphatic carbocycles. The van der Waals surface area contributed by atoms with Crippen LogP contribution in [0.2, 0.25) is 0 Å². The summed E-state index contributed by atoms with van der Waals surface area (Å²) in [7, 11) is -3.64. The molecule has 2 aromatic heterocycles. The second-order valence-corrected chi connectivity index (χ2v) is 11.5. The van der Waals surface area contributed by atoms with Crippen LogP contribution in [0.1, 0.15) is 32.8 Å². The summed E-state index contributed by atoms with van der Waals surface area (Å²) < 4.78 is 45.3. The van der Waals surface area contributed by atoms with Gasteiger partial charge in [0.1, 0.15) is 10.7 Å². The van der Waals surface area contributed by atoms with E-state index in [9.17, 15) is 12.8 Å². The summed E-state index contributed by atoms with van der Waals surface area (Å²) in [6.07, 6.45) is 5.77. The SMILES string of the molecule is CCCn1cc(S(=O)(=O)N2C[C@H](C)N(c3cc4cnn(-c5ccc(F)cc5)c4cc3C)C[C@H]2C)cn1. The molecule has 1 aliphatic rings. The van der Waals surface area contributed by atoms with Gasteiger partial charge >= 0.3 is 0 Å². The second kappa shape index (κ2) is 9.33. The molecule has 190 valence electrons. The number of benzene rings is 2. The van der Waals surface area contributed by atoms with Crippen molar-refractivity contribution in [2.45, 2.75) is 57.6 Å². The van der Waals surface area contributed by atoms with Crippen molar-refractivity contribution in [2.75, 3.05) is 18.0 Å². The van der Waals surface area contributed by atoms with Gasteiger partial charge < -0.3 is 4.90 Å². The number of sulfonamides is 1. The first-order chi connectivity index (χ1) is 17.2. The highest BCUT2D eigenvalue weighted by molar-refractivity contribution is 7.89. The number of nitrogens with zero attached hydrogens (tertiary/aromatic N) is 6. The highest BCUT2D eigenvalue weighted by Gasteiger charge is 2.38. The van der Waals surface area contributed by atoms with Crippen LogP contribution in [0.25, 0.3) is 16.6 Å². The lowest BCUT2D eigenvalue weighted by Crippen LogP contribution is -2.58. The monoisotopic (exact) mass is 510 g/mol. The van der Waals surface area contributed by atoms with E-state index in [-0.39, 0.29) is 22.8 Å². The summed E-state index contributed by atoms with van der Waals surface area (Å²) in [6.45, 7) is 9.74. The number of hydrogen-bond donors (Lipinski definition) is 0. The number of anilines is 1. The third-order valence-corrected chi connectivity index (χ3v) is 8.80. The zero-order valence-electron chi connectivity index (χ0n) is 21.0. The van der Waals surface area contributed by atoms with E-state index in [1.54, 1.807) is 32.0 Å². The Balaban J connectivity index is 1.42. The van der Waals surface area contributed by atoms with E-state index in [4.69, 9.17) is 0 Å². The molecular formula is C26H31FN6O2S. The number of piperazine rings is 1. The minimum Gasteiger partial charge on any atom is -0.366 e. The average Bonchev–Trinajstić information content (AvgIpc) is 3.48. The van der Waals surface area contributed by atoms with E-state index in [0.717, 1.165) is 34.3 Å². The molecule has 0 unspecified atom stereocenters. The Hall–Kier alpha value is -3.24. The molecule has 0 bridgehead atoms. The standard InChI is InChI=1S/C26H31FN6O2S/c1-5-10-30-17-24(14-28-30)36(34,35)32-16-19(3)31(15-20(32)4)25-12-21-13-29-33(26(21)11-18(25)2)23-8-6-22(27)7-9-23/h6-9,11-14,17,19-20H,5,10,15-16H2,1-4H3/t19-,20+/m0/s1. The molecule has 3 heterocycles. The van der Waals surface area contributed by atoms with Crippen LogP contribution in [0.4, 0.5) is 10.1 Å². The number of hydrogen-bond acceptors (Lipinski definition) is 5. The van der Waals surface area contributed by atoms with Crippen molar-refractivity contribution >= 4 is 26.6 Å². The lowest BCUT2D eigenvalue weighted by atomic mass is 10.1. The Morgan fingerprint density at radius 3 is 2.50 bits per heavy atom. The molecule has 1 fully saturated rings. The van der Waals surface area contributed by atoms with E-state index in [1.807, 2.05) is 20.0 Å². The molecule has 0 N–H and O–H groups in total. The van der Waals surface area contributed by atoms with Crippen molar-refractivity contribution in [1.82, 2.24) is 23.9 Å². The van der Waals surface area contributed by atoms with Gasteiger partial charge in [0, 0.05) is 49.0 Å². The first kappa shape index (κ1) is 24.5. The molecule has 0 amide bonds. The third kappa shape index (κ3) is 4.28. The molecule has 4 aromatic rings. The van der Waals surface area contributed by atoms with Crippen molar-refractivity contribution in [3.63, 3.8) is 0 Å². The van der Waals surface area contributed by atoms with Crippen LogP contribution < -0.4 is 4.90 Å². The second-order valence-electron chi connectivity index (χ2n) is 9.59. The molecule has 1 saturated heterocycles. The van der Waals surface area contributed by atoms with E-state index < -0.39 is 10.0 Å². The van der Waals surface area contributed by atoms with Gasteiger partial charge in [-0.05, 0) is 69.2 Å². The van der Waals surface area contributed by atoms with Crippen molar-refractivity contribution < 1.29 is 12.8 Å². The van der Waals surface area contributed by atoms with E-state index >= 15 is 0 Å². The lowest BCUT2D eigenvalue weighted by Gasteiger charge is -2.44. The zero-order chi connectivity index (χ0) is 25.6. The Labute approximate surface area is 211 Å². The lowest BCUT2D eigenvalue weighted by molar-refractivity contribution is 0.273. The maximum absolute atomic E-state index is 13.4. The molecule has 2 aromatic carbocycles. The van der Waals surface area contributed by atoms with Crippen LogP contribution in [0.15, 0.2) is 59.9 Å². The summed E-state index contributed by atoms with van der Waals surface area (Å²) >= 11 is 0. The Morgan fingerprint density at radius 2 is 1.78 bits per heavy atom. The van der Waals surface area contributed by atoms with Crippen LogP contribution in [0.5, 0.6) is 0 Å². The predicted octanol–water partition coefficient (Wildman–Crippen LogP) is 4.37. The van der Waals surface area contributed by atoms with Crippen LogP contribution in [0, 0.1) is 12.7 Å². The summed E-state index contributed by atoms with van der Waals surface area (Å²) in [4.78, 5) is 2.52. The molecular weight excluding hydrogens is 479 g/mol. The van der Waals surface area contributed by atoms with Crippen LogP contribution in [-0.2, 0) is 16.6 Å². The Bertz CT molecular complexity index is 1490. The van der Waals surface area contributed by atoms with Gasteiger partial charge in [0.2, 0.25) is 10.0 Å². The maximum Gasteiger partial charge on any atom is 0.246 e. The highest BCUT2D eigenvalue weighted by atomic mass is 32.2. The largest absolute Gasteiger partial charge is 0.366 e. The summed E-state index contributed by atoms with van der Waals surface area (Å²) in [5, 5.41) is 9.72. The fraction of sp³-hybridized carbons (Fsp3) is 0.385. The van der Waals surface area contributed by atoms with Crippen LogP contribution in [0.3, 0.4) is 0 Å². The molecule has 10 heteroatoms. The minimum absolute atomic E-state index is 0.0232. The molecule has 0 radical (unpaired) electrons. The topological polar surface area (TPSA) is 76.3 Å². The molecule has 0 spiro atoms. The molecule has 0 saturated carbocycles. The molecule has 5 rings (SSSR count). The minimum atomic E-state index is -3.64. The smallest absolute Gasteiger partial charge is 0.246 e. The van der Waals surface area contributed by atoms with Crippen molar-refractivity contribution in [3.05, 3.63) is 66.4 Å². The number of aryl methyl sites for hydroxylation is 2. The Morgan fingerprint density at radius 1 is 1.03 bits per heavy atom. The molecule has 36 heavy (non-hydrogen) atoms. The maximum atomic E-state index is 13.4. The fourth-order valence-electron chi connectivity index (χ4n) is 4.99. The quantitative estimate of drug-likeness (QED) is 0.385.